The van der Waals surface area contributed by atoms with Crippen molar-refractivity contribution in [1.82, 2.24) is 0 Å². The normalized spacial score (nSPS) is 15.3. The number of phenolic OH excluding ortho intramolecular Hbond substituents is 1. The van der Waals surface area contributed by atoms with Crippen LogP contribution in [0.3, 0.4) is 0 Å². The molecule has 7 heteroatoms. The summed E-state index contributed by atoms with van der Waals surface area (Å²) in [5.74, 6) is -0.0180. The van der Waals surface area contributed by atoms with E-state index in [1.807, 2.05) is 0 Å². The van der Waals surface area contributed by atoms with Gasteiger partial charge in [-0.15, -0.1) is 0 Å². The molecule has 0 bridgehead atoms. The Morgan fingerprint density at radius 3 is 2.52 bits per heavy atom. The summed E-state index contributed by atoms with van der Waals surface area (Å²) in [5, 5.41) is 15.6. The number of phenols is 1. The Kier molecular flexibility index (Phi) is 5.14. The summed E-state index contributed by atoms with van der Waals surface area (Å²) in [5.41, 5.74) is 2.84. The average molecular weight is 429 g/mol. The smallest absolute Gasteiger partial charge is 0.280 e. The molecule has 138 valence electrons. The van der Waals surface area contributed by atoms with Crippen molar-refractivity contribution in [2.45, 2.75) is 13.8 Å². The molecule has 27 heavy (non-hydrogen) atoms. The van der Waals surface area contributed by atoms with Gasteiger partial charge in [0, 0.05) is 5.56 Å². The van der Waals surface area contributed by atoms with Crippen LogP contribution in [0, 0.1) is 0 Å². The number of carbonyl (C=O) groups is 2. The van der Waals surface area contributed by atoms with Crippen LogP contribution in [0.1, 0.15) is 29.8 Å². The van der Waals surface area contributed by atoms with Crippen LogP contribution in [0.15, 0.2) is 51.5 Å². The number of benzene rings is 2. The fourth-order valence-corrected chi connectivity index (χ4v) is 3.16. The molecular formula is C20H17BrN2O4. The first-order chi connectivity index (χ1) is 12.8. The maximum absolute atomic E-state index is 12.8. The number of Topliss-reactive ketones (excluding diaryl/α,β-unsaturated/α-hetero) is 1. The molecule has 2 aromatic rings. The first kappa shape index (κ1) is 18.8. The van der Waals surface area contributed by atoms with Gasteiger partial charge in [0.25, 0.3) is 5.91 Å². The molecule has 0 spiro atoms. The highest BCUT2D eigenvalue weighted by Crippen LogP contribution is 2.36. The first-order valence-corrected chi connectivity index (χ1v) is 8.90. The van der Waals surface area contributed by atoms with Crippen molar-refractivity contribution in [3.63, 3.8) is 0 Å². The number of methoxy groups -OCH3 is 1. The minimum absolute atomic E-state index is 0.00465. The monoisotopic (exact) mass is 428 g/mol. The number of halogens is 1. The summed E-state index contributed by atoms with van der Waals surface area (Å²) in [7, 11) is 1.46. The fourth-order valence-electron chi connectivity index (χ4n) is 2.70. The van der Waals surface area contributed by atoms with E-state index in [4.69, 9.17) is 4.74 Å². The number of anilines is 1. The van der Waals surface area contributed by atoms with E-state index in [1.54, 1.807) is 49.4 Å². The minimum Gasteiger partial charge on any atom is -0.503 e. The van der Waals surface area contributed by atoms with Crippen molar-refractivity contribution >= 4 is 45.1 Å². The van der Waals surface area contributed by atoms with E-state index in [0.717, 1.165) is 0 Å². The van der Waals surface area contributed by atoms with Gasteiger partial charge in [0.2, 0.25) is 0 Å². The van der Waals surface area contributed by atoms with Crippen molar-refractivity contribution in [2.24, 2.45) is 5.10 Å². The van der Waals surface area contributed by atoms with Crippen LogP contribution in [0.25, 0.3) is 6.08 Å². The molecule has 0 aliphatic carbocycles. The van der Waals surface area contributed by atoms with Gasteiger partial charge in [-0.25, -0.2) is 0 Å². The highest BCUT2D eigenvalue weighted by molar-refractivity contribution is 9.10. The lowest BCUT2D eigenvalue weighted by Crippen LogP contribution is -2.21. The molecule has 1 aliphatic rings. The second-order valence-corrected chi connectivity index (χ2v) is 6.87. The third-order valence-corrected chi connectivity index (χ3v) is 4.77. The van der Waals surface area contributed by atoms with Crippen molar-refractivity contribution in [3.05, 3.63) is 57.6 Å². The second-order valence-electron chi connectivity index (χ2n) is 6.02. The Hall–Kier alpha value is -2.93. The number of hydrazone groups is 1. The van der Waals surface area contributed by atoms with Gasteiger partial charge >= 0.3 is 0 Å². The van der Waals surface area contributed by atoms with Crippen molar-refractivity contribution in [1.29, 1.82) is 0 Å². The molecule has 0 aromatic heterocycles. The van der Waals surface area contributed by atoms with E-state index < -0.39 is 0 Å². The Labute approximate surface area is 164 Å². The second kappa shape index (κ2) is 7.36. The summed E-state index contributed by atoms with van der Waals surface area (Å²) in [4.78, 5) is 24.2. The lowest BCUT2D eigenvalue weighted by molar-refractivity contribution is -0.114. The van der Waals surface area contributed by atoms with Gasteiger partial charge in [-0.05, 0) is 77.8 Å². The molecule has 3 rings (SSSR count). The van der Waals surface area contributed by atoms with Crippen LogP contribution in [-0.2, 0) is 4.79 Å². The van der Waals surface area contributed by atoms with E-state index in [2.05, 4.69) is 21.0 Å². The predicted molar refractivity (Wildman–Crippen MR) is 107 cm³/mol. The molecular weight excluding hydrogens is 412 g/mol. The quantitative estimate of drug-likeness (QED) is 0.585. The number of amides is 1. The van der Waals surface area contributed by atoms with Crippen LogP contribution >= 0.6 is 15.9 Å². The lowest BCUT2D eigenvalue weighted by atomic mass is 10.1. The third-order valence-electron chi connectivity index (χ3n) is 4.16. The number of hydrogen-bond acceptors (Lipinski definition) is 5. The van der Waals surface area contributed by atoms with Gasteiger partial charge in [-0.2, -0.15) is 10.1 Å². The van der Waals surface area contributed by atoms with Gasteiger partial charge in [0.1, 0.15) is 0 Å². The maximum atomic E-state index is 12.8. The van der Waals surface area contributed by atoms with E-state index in [0.29, 0.717) is 38.3 Å². The fraction of sp³-hybridized carbons (Fsp3) is 0.150. The van der Waals surface area contributed by atoms with Gasteiger partial charge in [0.15, 0.2) is 17.3 Å². The summed E-state index contributed by atoms with van der Waals surface area (Å²) >= 11 is 3.27. The SMILES string of the molecule is COc1cc(/C=C2\C(=O)N(c3ccc(C(C)=O)cc3)N=C2C)cc(Br)c1O. The molecule has 1 amide bonds. The molecule has 0 atom stereocenters. The topological polar surface area (TPSA) is 79.2 Å². The summed E-state index contributed by atoms with van der Waals surface area (Å²) in [6.07, 6.45) is 1.69. The van der Waals surface area contributed by atoms with E-state index in [1.165, 1.54) is 19.0 Å². The first-order valence-electron chi connectivity index (χ1n) is 8.11. The number of rotatable bonds is 4. The maximum Gasteiger partial charge on any atom is 0.280 e. The van der Waals surface area contributed by atoms with Crippen molar-refractivity contribution < 1.29 is 19.4 Å². The molecule has 0 saturated heterocycles. The average Bonchev–Trinajstić information content (AvgIpc) is 2.92. The number of hydrogen-bond donors (Lipinski definition) is 1. The predicted octanol–water partition coefficient (Wildman–Crippen LogP) is 4.17. The van der Waals surface area contributed by atoms with Crippen LogP contribution in [0.4, 0.5) is 5.69 Å². The highest BCUT2D eigenvalue weighted by atomic mass is 79.9. The van der Waals surface area contributed by atoms with Crippen LogP contribution in [-0.4, -0.2) is 29.6 Å². The van der Waals surface area contributed by atoms with E-state index in [-0.39, 0.29) is 17.4 Å². The van der Waals surface area contributed by atoms with Gasteiger partial charge in [0.05, 0.1) is 28.6 Å². The zero-order valence-corrected chi connectivity index (χ0v) is 16.6. The van der Waals surface area contributed by atoms with E-state index >= 15 is 0 Å². The van der Waals surface area contributed by atoms with Gasteiger partial charge in [-0.3, -0.25) is 9.59 Å². The van der Waals surface area contributed by atoms with Crippen molar-refractivity contribution in [2.75, 3.05) is 12.1 Å². The summed E-state index contributed by atoms with van der Waals surface area (Å²) < 4.78 is 5.61. The Morgan fingerprint density at radius 1 is 1.26 bits per heavy atom. The molecule has 1 aliphatic heterocycles. The summed E-state index contributed by atoms with van der Waals surface area (Å²) in [6.45, 7) is 3.24. The Bertz CT molecular complexity index is 994. The number of ketones is 1. The van der Waals surface area contributed by atoms with Gasteiger partial charge in [-0.1, -0.05) is 0 Å². The van der Waals surface area contributed by atoms with Crippen LogP contribution in [0.5, 0.6) is 11.5 Å². The molecule has 0 radical (unpaired) electrons. The third kappa shape index (κ3) is 3.64. The molecule has 1 N–H and O–H groups in total. The standard InChI is InChI=1S/C20H17BrN2O4/c1-11-16(8-13-9-17(21)19(25)18(10-13)27-3)20(26)23(22-11)15-6-4-14(5-7-15)12(2)24/h4-10,25H,1-3H3/b16-8-. The van der Waals surface area contributed by atoms with E-state index in [9.17, 15) is 14.7 Å². The zero-order chi connectivity index (χ0) is 19.7. The minimum atomic E-state index is -0.272. The van der Waals surface area contributed by atoms with Gasteiger partial charge < -0.3 is 9.84 Å². The molecule has 0 unspecified atom stereocenters. The Balaban J connectivity index is 1.94. The van der Waals surface area contributed by atoms with Crippen molar-refractivity contribution in [3.8, 4) is 11.5 Å². The highest BCUT2D eigenvalue weighted by Gasteiger charge is 2.28. The van der Waals surface area contributed by atoms with Crippen LogP contribution < -0.4 is 9.75 Å². The molecule has 0 fully saturated rings. The number of aromatic hydroxyl groups is 1. The number of carbonyl (C=O) groups excluding carboxylic acids is 2. The molecule has 1 heterocycles. The number of nitrogens with zero attached hydrogens (tertiary/aromatic N) is 2. The molecule has 0 saturated carbocycles. The zero-order valence-electron chi connectivity index (χ0n) is 15.0. The molecule has 2 aromatic carbocycles. The summed E-state index contributed by atoms with van der Waals surface area (Å²) in [6, 6.07) is 10.0. The molecule has 6 nitrogen and oxygen atoms in total. The number of ether oxygens (including phenoxy) is 1. The Morgan fingerprint density at radius 2 is 1.93 bits per heavy atom. The van der Waals surface area contributed by atoms with Crippen LogP contribution in [0.2, 0.25) is 0 Å². The lowest BCUT2D eigenvalue weighted by Gasteiger charge is -2.12. The largest absolute Gasteiger partial charge is 0.503 e.